The number of hydrogen-bond donors (Lipinski definition) is 0. The molecule has 5 aromatic rings. The molecule has 0 N–H and O–H groups in total. The Morgan fingerprint density at radius 2 is 1.36 bits per heavy atom. The van der Waals surface area contributed by atoms with E-state index in [9.17, 15) is 0 Å². The third kappa shape index (κ3) is 3.35. The maximum absolute atomic E-state index is 6.72. The van der Waals surface area contributed by atoms with E-state index in [2.05, 4.69) is 101 Å². The second-order valence-corrected chi connectivity index (χ2v) is 10.2. The number of halogens is 1. The topological polar surface area (TPSA) is 9.23 Å². The minimum Gasteiger partial charge on any atom is -0.463 e. The molecule has 0 aliphatic rings. The molecule has 1 nitrogen and oxygen atoms in total. The average Bonchev–Trinajstić information content (AvgIpc) is 3.12. The summed E-state index contributed by atoms with van der Waals surface area (Å²) in [5, 5.41) is 4.94. The second-order valence-electron chi connectivity index (χ2n) is 6.43. The van der Waals surface area contributed by atoms with Crippen LogP contribution < -0.4 is 15.1 Å². The first-order chi connectivity index (χ1) is 13.8. The smallest absolute Gasteiger partial charge is 0.150 e. The molecule has 0 aliphatic carbocycles. The molecule has 28 heavy (non-hydrogen) atoms. The summed E-state index contributed by atoms with van der Waals surface area (Å²) in [4.78, 5) is 0. The summed E-state index contributed by atoms with van der Waals surface area (Å²) >= 11 is 5.39. The largest absolute Gasteiger partial charge is 0.463 e. The maximum atomic E-state index is 6.72. The molecule has 0 radical (unpaired) electrons. The van der Waals surface area contributed by atoms with Crippen LogP contribution in [0.1, 0.15) is 0 Å². The number of thiophene rings is 1. The maximum Gasteiger partial charge on any atom is 0.150 e. The van der Waals surface area contributed by atoms with E-state index >= 15 is 0 Å². The van der Waals surface area contributed by atoms with Gasteiger partial charge in [-0.15, -0.1) is 11.3 Å². The van der Waals surface area contributed by atoms with Gasteiger partial charge in [-0.05, 0) is 24.3 Å². The van der Waals surface area contributed by atoms with Gasteiger partial charge in [-0.3, -0.25) is 0 Å². The van der Waals surface area contributed by atoms with Crippen molar-refractivity contribution in [3.8, 4) is 5.75 Å². The summed E-state index contributed by atoms with van der Waals surface area (Å²) < 4.78 is 10.3. The van der Waals surface area contributed by atoms with Crippen molar-refractivity contribution in [1.29, 1.82) is 0 Å². The predicted molar refractivity (Wildman–Crippen MR) is 127 cm³/mol. The third-order valence-corrected chi connectivity index (χ3v) is 8.20. The molecule has 1 heterocycles. The summed E-state index contributed by atoms with van der Waals surface area (Å²) in [5.74, 6) is 0.952. The summed E-state index contributed by atoms with van der Waals surface area (Å²) in [5.41, 5.74) is 0. The molecule has 0 unspecified atom stereocenters. The minimum atomic E-state index is -0.938. The molecule has 0 fully saturated rings. The van der Waals surface area contributed by atoms with Crippen molar-refractivity contribution in [2.75, 3.05) is 0 Å². The van der Waals surface area contributed by atoms with Gasteiger partial charge in [-0.1, -0.05) is 88.7 Å². The van der Waals surface area contributed by atoms with E-state index < -0.39 is 8.15 Å². The Morgan fingerprint density at radius 3 is 2.04 bits per heavy atom. The summed E-state index contributed by atoms with van der Waals surface area (Å²) in [6, 6.07) is 33.8. The van der Waals surface area contributed by atoms with Gasteiger partial charge in [0.1, 0.15) is 5.75 Å². The first kappa shape index (κ1) is 17.9. The lowest BCUT2D eigenvalue weighted by molar-refractivity contribution is 0.639. The normalized spacial score (nSPS) is 11.4. The van der Waals surface area contributed by atoms with E-state index in [0.29, 0.717) is 0 Å². The number of hydrogen-bond acceptors (Lipinski definition) is 2. The van der Waals surface area contributed by atoms with E-state index in [1.807, 2.05) is 12.1 Å². The van der Waals surface area contributed by atoms with E-state index in [-0.39, 0.29) is 0 Å². The zero-order valence-electron chi connectivity index (χ0n) is 14.9. The second kappa shape index (κ2) is 7.67. The molecule has 0 spiro atoms. The van der Waals surface area contributed by atoms with Crippen LogP contribution in [-0.2, 0) is 0 Å². The van der Waals surface area contributed by atoms with Crippen LogP contribution in [0.2, 0.25) is 0 Å². The SMILES string of the molecule is Brc1ccc2sc3c(OP(c4ccccc4)c4ccccc4)cccc3c2c1. The molecule has 0 saturated carbocycles. The molecular weight excluding hydrogens is 447 g/mol. The van der Waals surface area contributed by atoms with Gasteiger partial charge in [0.05, 0.1) is 4.70 Å². The van der Waals surface area contributed by atoms with Gasteiger partial charge in [0.2, 0.25) is 0 Å². The number of rotatable bonds is 4. The average molecular weight is 463 g/mol. The van der Waals surface area contributed by atoms with Crippen LogP contribution in [-0.4, -0.2) is 0 Å². The zero-order chi connectivity index (χ0) is 18.9. The molecule has 5 rings (SSSR count). The molecular formula is C24H16BrOPS. The summed E-state index contributed by atoms with van der Waals surface area (Å²) in [7, 11) is -0.938. The fourth-order valence-electron chi connectivity index (χ4n) is 3.30. The number of benzene rings is 4. The molecule has 0 atom stereocenters. The van der Waals surface area contributed by atoms with E-state index in [0.717, 1.165) is 10.2 Å². The van der Waals surface area contributed by atoms with Gasteiger partial charge >= 0.3 is 0 Å². The highest BCUT2D eigenvalue weighted by atomic mass is 79.9. The summed E-state index contributed by atoms with van der Waals surface area (Å²) in [6.45, 7) is 0. The Kier molecular flexibility index (Phi) is 4.90. The Balaban J connectivity index is 1.65. The predicted octanol–water partition coefficient (Wildman–Crippen LogP) is 7.24. The van der Waals surface area contributed by atoms with Gasteiger partial charge in [0.25, 0.3) is 0 Å². The van der Waals surface area contributed by atoms with Crippen LogP contribution in [0.15, 0.2) is 102 Å². The third-order valence-electron chi connectivity index (χ3n) is 4.59. The number of fused-ring (bicyclic) bond motifs is 3. The van der Waals surface area contributed by atoms with Crippen molar-refractivity contribution >= 4 is 66.2 Å². The first-order valence-electron chi connectivity index (χ1n) is 8.98. The lowest BCUT2D eigenvalue weighted by atomic mass is 10.1. The van der Waals surface area contributed by atoms with Crippen LogP contribution in [0.25, 0.3) is 20.2 Å². The highest BCUT2D eigenvalue weighted by Gasteiger charge is 2.19. The van der Waals surface area contributed by atoms with E-state index in [1.54, 1.807) is 11.3 Å². The Labute approximate surface area is 177 Å². The van der Waals surface area contributed by atoms with Gasteiger partial charge in [-0.2, -0.15) is 0 Å². The minimum absolute atomic E-state index is 0.938. The fourth-order valence-corrected chi connectivity index (χ4v) is 6.60. The van der Waals surface area contributed by atoms with Crippen molar-refractivity contribution in [3.05, 3.63) is 102 Å². The quantitative estimate of drug-likeness (QED) is 0.255. The van der Waals surface area contributed by atoms with Gasteiger partial charge in [-0.25, -0.2) is 0 Å². The van der Waals surface area contributed by atoms with Crippen molar-refractivity contribution < 1.29 is 4.52 Å². The highest BCUT2D eigenvalue weighted by Crippen LogP contribution is 2.45. The molecule has 0 aliphatic heterocycles. The van der Waals surface area contributed by atoms with Crippen LogP contribution in [0, 0.1) is 0 Å². The zero-order valence-corrected chi connectivity index (χ0v) is 18.2. The molecule has 0 amide bonds. The Morgan fingerprint density at radius 1 is 0.679 bits per heavy atom. The van der Waals surface area contributed by atoms with Crippen molar-refractivity contribution in [2.24, 2.45) is 0 Å². The highest BCUT2D eigenvalue weighted by molar-refractivity contribution is 9.10. The molecule has 4 heteroatoms. The molecule has 1 aromatic heterocycles. The van der Waals surface area contributed by atoms with Gasteiger partial charge in [0, 0.05) is 30.6 Å². The van der Waals surface area contributed by atoms with E-state index in [1.165, 1.54) is 30.8 Å². The van der Waals surface area contributed by atoms with E-state index in [4.69, 9.17) is 4.52 Å². The van der Waals surface area contributed by atoms with Crippen LogP contribution in [0.3, 0.4) is 0 Å². The Hall–Kier alpha value is -2.19. The van der Waals surface area contributed by atoms with Gasteiger partial charge in [0.15, 0.2) is 8.15 Å². The van der Waals surface area contributed by atoms with Crippen molar-refractivity contribution in [1.82, 2.24) is 0 Å². The standard InChI is InChI=1S/C24H16BrOPS/c25-17-14-15-23-21(16-17)20-12-7-13-22(24(20)28-23)26-27(18-8-3-1-4-9-18)19-10-5-2-6-11-19/h1-16H. The van der Waals surface area contributed by atoms with Gasteiger partial charge < -0.3 is 4.52 Å². The molecule has 0 bridgehead atoms. The van der Waals surface area contributed by atoms with Crippen molar-refractivity contribution in [2.45, 2.75) is 0 Å². The summed E-state index contributed by atoms with van der Waals surface area (Å²) in [6.07, 6.45) is 0. The molecule has 0 saturated heterocycles. The fraction of sp³-hybridized carbons (Fsp3) is 0. The monoisotopic (exact) mass is 462 g/mol. The molecule has 136 valence electrons. The Bertz CT molecular complexity index is 1210. The van der Waals surface area contributed by atoms with Crippen molar-refractivity contribution in [3.63, 3.8) is 0 Å². The van der Waals surface area contributed by atoms with Crippen LogP contribution in [0.4, 0.5) is 0 Å². The lowest BCUT2D eigenvalue weighted by Gasteiger charge is -2.19. The van der Waals surface area contributed by atoms with Crippen LogP contribution in [0.5, 0.6) is 5.75 Å². The van der Waals surface area contributed by atoms with Crippen LogP contribution >= 0.6 is 35.4 Å². The molecule has 4 aromatic carbocycles. The first-order valence-corrected chi connectivity index (χ1v) is 11.9. The lowest BCUT2D eigenvalue weighted by Crippen LogP contribution is -2.15.